The normalized spacial score (nSPS) is 10.8. The number of phenolic OH excluding ortho intramolecular Hbond substituents is 1. The summed E-state index contributed by atoms with van der Waals surface area (Å²) >= 11 is 14.8. The van der Waals surface area contributed by atoms with E-state index in [2.05, 4.69) is 26.5 Å². The van der Waals surface area contributed by atoms with Gasteiger partial charge in [-0.15, -0.1) is 0 Å². The number of nitrogens with zero attached hydrogens (tertiary/aromatic N) is 2. The lowest BCUT2D eigenvalue weighted by atomic mass is 10.2. The van der Waals surface area contributed by atoms with Crippen molar-refractivity contribution >= 4 is 56.9 Å². The van der Waals surface area contributed by atoms with E-state index in [1.165, 1.54) is 18.2 Å². The third kappa shape index (κ3) is 4.22. The Kier molecular flexibility index (Phi) is 5.76. The highest BCUT2D eigenvalue weighted by Crippen LogP contribution is 2.30. The van der Waals surface area contributed by atoms with E-state index in [1.54, 1.807) is 6.07 Å². The van der Waals surface area contributed by atoms with Crippen molar-refractivity contribution in [3.63, 3.8) is 0 Å². The van der Waals surface area contributed by atoms with Crippen LogP contribution in [0.15, 0.2) is 39.9 Å². The van der Waals surface area contributed by atoms with E-state index in [9.17, 15) is 20.0 Å². The maximum atomic E-state index is 12.0. The monoisotopic (exact) mass is 431 g/mol. The molecule has 124 valence electrons. The molecule has 24 heavy (non-hydrogen) atoms. The fraction of sp³-hybridized carbons (Fsp3) is 0. The Morgan fingerprint density at radius 3 is 2.67 bits per heavy atom. The van der Waals surface area contributed by atoms with Crippen LogP contribution in [-0.4, -0.2) is 22.2 Å². The molecule has 0 aliphatic carbocycles. The average Bonchev–Trinajstić information content (AvgIpc) is 2.51. The Labute approximate surface area is 154 Å². The highest BCUT2D eigenvalue weighted by Gasteiger charge is 2.15. The number of aromatic hydroxyl groups is 1. The van der Waals surface area contributed by atoms with Gasteiger partial charge in [-0.05, 0) is 24.3 Å². The Morgan fingerprint density at radius 1 is 1.29 bits per heavy atom. The SMILES string of the molecule is O=C(N/N=C\c1cc([N+](=O)[O-])c(Cl)cc1Cl)c1cc(Br)ccc1O. The highest BCUT2D eigenvalue weighted by atomic mass is 79.9. The fourth-order valence-electron chi connectivity index (χ4n) is 1.70. The molecule has 0 aliphatic rings. The third-order valence-electron chi connectivity index (χ3n) is 2.84. The summed E-state index contributed by atoms with van der Waals surface area (Å²) in [5.74, 6) is -0.879. The summed E-state index contributed by atoms with van der Waals surface area (Å²) in [5.41, 5.74) is 2.07. The number of carbonyl (C=O) groups is 1. The fourth-order valence-corrected chi connectivity index (χ4v) is 2.57. The van der Waals surface area contributed by atoms with E-state index in [4.69, 9.17) is 23.2 Å². The summed E-state index contributed by atoms with van der Waals surface area (Å²) in [6.07, 6.45) is 1.14. The predicted octanol–water partition coefficient (Wildman–Crippen LogP) is 4.13. The van der Waals surface area contributed by atoms with Gasteiger partial charge in [-0.25, -0.2) is 5.43 Å². The number of benzene rings is 2. The minimum absolute atomic E-state index is 0.00899. The number of halogens is 3. The van der Waals surface area contributed by atoms with Crippen molar-refractivity contribution < 1.29 is 14.8 Å². The van der Waals surface area contributed by atoms with Crippen LogP contribution in [0, 0.1) is 10.1 Å². The summed E-state index contributed by atoms with van der Waals surface area (Å²) < 4.78 is 0.603. The molecular weight excluding hydrogens is 425 g/mol. The number of nitrogens with one attached hydrogen (secondary N) is 1. The van der Waals surface area contributed by atoms with Gasteiger partial charge in [0.25, 0.3) is 11.6 Å². The van der Waals surface area contributed by atoms with E-state index >= 15 is 0 Å². The Hall–Kier alpha value is -2.16. The molecule has 0 spiro atoms. The van der Waals surface area contributed by atoms with Crippen LogP contribution in [0.4, 0.5) is 5.69 Å². The summed E-state index contributed by atoms with van der Waals surface area (Å²) in [7, 11) is 0. The molecule has 2 N–H and O–H groups in total. The van der Waals surface area contributed by atoms with Gasteiger partial charge in [-0.2, -0.15) is 5.10 Å². The summed E-state index contributed by atoms with van der Waals surface area (Å²) in [6, 6.07) is 6.69. The maximum absolute atomic E-state index is 12.0. The molecule has 0 unspecified atom stereocenters. The Bertz CT molecular complexity index is 858. The Morgan fingerprint density at radius 2 is 2.00 bits per heavy atom. The second kappa shape index (κ2) is 7.61. The first-order chi connectivity index (χ1) is 11.3. The molecule has 0 saturated heterocycles. The first-order valence-corrected chi connectivity index (χ1v) is 7.80. The van der Waals surface area contributed by atoms with Gasteiger partial charge < -0.3 is 5.11 Å². The second-order valence-electron chi connectivity index (χ2n) is 4.44. The van der Waals surface area contributed by atoms with Crippen molar-refractivity contribution in [2.45, 2.75) is 0 Å². The standard InChI is InChI=1S/C14H8BrCl2N3O4/c15-8-1-2-13(21)9(4-8)14(22)19-18-6-7-3-12(20(23)24)11(17)5-10(7)16/h1-6,21H,(H,19,22)/b18-6-. The molecule has 7 nitrogen and oxygen atoms in total. The van der Waals surface area contributed by atoms with Gasteiger partial charge in [0.2, 0.25) is 0 Å². The van der Waals surface area contributed by atoms with Crippen LogP contribution in [0.25, 0.3) is 0 Å². The quantitative estimate of drug-likeness (QED) is 0.430. The van der Waals surface area contributed by atoms with E-state index in [1.807, 2.05) is 0 Å². The predicted molar refractivity (Wildman–Crippen MR) is 94.0 cm³/mol. The van der Waals surface area contributed by atoms with Crippen molar-refractivity contribution in [3.8, 4) is 5.75 Å². The molecule has 10 heteroatoms. The molecule has 1 amide bonds. The molecule has 2 rings (SSSR count). The third-order valence-corrected chi connectivity index (χ3v) is 3.96. The van der Waals surface area contributed by atoms with Gasteiger partial charge in [0.1, 0.15) is 10.8 Å². The maximum Gasteiger partial charge on any atom is 0.288 e. The molecule has 0 aromatic heterocycles. The van der Waals surface area contributed by atoms with Crippen molar-refractivity contribution in [1.82, 2.24) is 5.43 Å². The van der Waals surface area contributed by atoms with Crippen LogP contribution >= 0.6 is 39.1 Å². The molecule has 2 aromatic carbocycles. The van der Waals surface area contributed by atoms with E-state index in [0.29, 0.717) is 4.47 Å². The first kappa shape index (κ1) is 18.2. The van der Waals surface area contributed by atoms with Gasteiger partial charge in [-0.3, -0.25) is 14.9 Å². The number of nitro benzene ring substituents is 1. The van der Waals surface area contributed by atoms with E-state index < -0.39 is 10.8 Å². The van der Waals surface area contributed by atoms with Crippen molar-refractivity contribution in [2.75, 3.05) is 0 Å². The van der Waals surface area contributed by atoms with Crippen LogP contribution < -0.4 is 5.43 Å². The summed E-state index contributed by atoms with van der Waals surface area (Å²) in [4.78, 5) is 22.1. The number of amides is 1. The van der Waals surface area contributed by atoms with Gasteiger partial charge in [0.05, 0.1) is 21.7 Å². The van der Waals surface area contributed by atoms with Crippen molar-refractivity contribution in [3.05, 3.63) is 66.1 Å². The lowest BCUT2D eigenvalue weighted by Crippen LogP contribution is -2.17. The number of rotatable bonds is 4. The van der Waals surface area contributed by atoms with Gasteiger partial charge in [0.15, 0.2) is 0 Å². The van der Waals surface area contributed by atoms with E-state index in [0.717, 1.165) is 12.3 Å². The lowest BCUT2D eigenvalue weighted by Gasteiger charge is -2.04. The average molecular weight is 433 g/mol. The van der Waals surface area contributed by atoms with Crippen LogP contribution in [0.3, 0.4) is 0 Å². The molecule has 0 atom stereocenters. The number of hydrogen-bond donors (Lipinski definition) is 2. The number of hydrogen-bond acceptors (Lipinski definition) is 5. The number of carbonyl (C=O) groups excluding carboxylic acids is 1. The topological polar surface area (TPSA) is 105 Å². The van der Waals surface area contributed by atoms with Gasteiger partial charge in [0, 0.05) is 16.1 Å². The zero-order valence-electron chi connectivity index (χ0n) is 11.7. The van der Waals surface area contributed by atoms with Crippen LogP contribution in [0.5, 0.6) is 5.75 Å². The van der Waals surface area contributed by atoms with E-state index in [-0.39, 0.29) is 32.6 Å². The number of nitro groups is 1. The molecule has 0 fully saturated rings. The van der Waals surface area contributed by atoms with Crippen LogP contribution in [0.1, 0.15) is 15.9 Å². The zero-order valence-corrected chi connectivity index (χ0v) is 14.8. The highest BCUT2D eigenvalue weighted by molar-refractivity contribution is 9.10. The lowest BCUT2D eigenvalue weighted by molar-refractivity contribution is -0.384. The molecule has 2 aromatic rings. The molecule has 0 heterocycles. The largest absolute Gasteiger partial charge is 0.507 e. The minimum Gasteiger partial charge on any atom is -0.507 e. The van der Waals surface area contributed by atoms with Crippen LogP contribution in [0.2, 0.25) is 10.0 Å². The second-order valence-corrected chi connectivity index (χ2v) is 6.17. The van der Waals surface area contributed by atoms with Gasteiger partial charge in [-0.1, -0.05) is 39.1 Å². The molecular formula is C14H8BrCl2N3O4. The number of hydrazone groups is 1. The smallest absolute Gasteiger partial charge is 0.288 e. The molecule has 0 saturated carbocycles. The number of phenols is 1. The van der Waals surface area contributed by atoms with Gasteiger partial charge >= 0.3 is 0 Å². The molecule has 0 radical (unpaired) electrons. The summed E-state index contributed by atoms with van der Waals surface area (Å²) in [5, 5.41) is 24.2. The molecule has 0 aliphatic heterocycles. The molecule has 0 bridgehead atoms. The Balaban J connectivity index is 2.20. The minimum atomic E-state index is -0.662. The van der Waals surface area contributed by atoms with Crippen molar-refractivity contribution in [2.24, 2.45) is 5.10 Å². The van der Waals surface area contributed by atoms with Crippen LogP contribution in [-0.2, 0) is 0 Å². The summed E-state index contributed by atoms with van der Waals surface area (Å²) in [6.45, 7) is 0. The van der Waals surface area contributed by atoms with Crippen molar-refractivity contribution in [1.29, 1.82) is 0 Å². The first-order valence-electron chi connectivity index (χ1n) is 6.25. The zero-order chi connectivity index (χ0) is 17.9.